The lowest BCUT2D eigenvalue weighted by Crippen LogP contribution is -2.26. The average Bonchev–Trinajstić information content (AvgIpc) is 2.70. The van der Waals surface area contributed by atoms with Crippen molar-refractivity contribution in [3.63, 3.8) is 0 Å². The van der Waals surface area contributed by atoms with E-state index in [-0.39, 0.29) is 11.3 Å². The van der Waals surface area contributed by atoms with Crippen molar-refractivity contribution >= 4 is 10.1 Å². The summed E-state index contributed by atoms with van der Waals surface area (Å²) >= 11 is 0. The van der Waals surface area contributed by atoms with Gasteiger partial charge in [-0.2, -0.15) is 13.7 Å². The molecule has 5 nitrogen and oxygen atoms in total. The molecule has 0 fully saturated rings. The van der Waals surface area contributed by atoms with Gasteiger partial charge in [0.1, 0.15) is 12.4 Å². The van der Waals surface area contributed by atoms with Gasteiger partial charge >= 0.3 is 0 Å². The Bertz CT molecular complexity index is 921. The van der Waals surface area contributed by atoms with E-state index >= 15 is 0 Å². The number of unbranched alkanes of at least 4 members (excludes halogenated alkanes) is 2. The second-order valence-corrected chi connectivity index (χ2v) is 8.30. The molecule has 0 spiro atoms. The van der Waals surface area contributed by atoms with Crippen LogP contribution in [0.25, 0.3) is 0 Å². The van der Waals surface area contributed by atoms with Crippen molar-refractivity contribution in [2.24, 2.45) is 0 Å². The highest BCUT2D eigenvalue weighted by atomic mass is 32.2. The van der Waals surface area contributed by atoms with Gasteiger partial charge in [-0.25, -0.2) is 8.78 Å². The number of benzene rings is 2. The fraction of sp³-hybridized carbons (Fsp3) is 0.381. The van der Waals surface area contributed by atoms with Crippen LogP contribution in [-0.4, -0.2) is 27.6 Å². The summed E-state index contributed by atoms with van der Waals surface area (Å²) < 4.78 is 61.9. The molecule has 0 aromatic heterocycles. The Balaban J connectivity index is 1.67. The lowest BCUT2D eigenvalue weighted by atomic mass is 10.1. The number of aryl methyl sites for hydroxylation is 1. The second-order valence-electron chi connectivity index (χ2n) is 6.68. The van der Waals surface area contributed by atoms with Gasteiger partial charge in [-0.15, -0.1) is 0 Å². The molecule has 0 aliphatic carbocycles. The van der Waals surface area contributed by atoms with Gasteiger partial charge in [0.15, 0.2) is 0 Å². The predicted octanol–water partition coefficient (Wildman–Crippen LogP) is 4.85. The molecule has 2 aromatic rings. The minimum atomic E-state index is -4.21. The van der Waals surface area contributed by atoms with Crippen LogP contribution in [0.5, 0.6) is 5.75 Å². The molecular weight excluding hydrogens is 400 g/mol. The molecule has 0 amide bonds. The van der Waals surface area contributed by atoms with Crippen molar-refractivity contribution in [2.75, 3.05) is 13.2 Å². The van der Waals surface area contributed by atoms with E-state index in [0.717, 1.165) is 5.56 Å². The lowest BCUT2D eigenvalue weighted by Gasteiger charge is -2.16. The Morgan fingerprint density at radius 1 is 1.00 bits per heavy atom. The van der Waals surface area contributed by atoms with E-state index in [1.165, 1.54) is 12.1 Å². The zero-order valence-electron chi connectivity index (χ0n) is 16.1. The molecule has 29 heavy (non-hydrogen) atoms. The first kappa shape index (κ1) is 22.8. The third-order valence-corrected chi connectivity index (χ3v) is 5.45. The molecule has 8 heteroatoms. The molecule has 0 N–H and O–H groups in total. The summed E-state index contributed by atoms with van der Waals surface area (Å²) in [5, 5.41) is 8.72. The van der Waals surface area contributed by atoms with Crippen molar-refractivity contribution in [1.82, 2.24) is 0 Å². The number of alkyl halides is 2. The van der Waals surface area contributed by atoms with Gasteiger partial charge in [-0.3, -0.25) is 4.18 Å². The van der Waals surface area contributed by atoms with Crippen LogP contribution in [0, 0.1) is 18.3 Å². The minimum absolute atomic E-state index is 0.140. The highest BCUT2D eigenvalue weighted by Crippen LogP contribution is 2.25. The predicted molar refractivity (Wildman–Crippen MR) is 104 cm³/mol. The SMILES string of the molecule is Cc1ccc(S(=O)(=O)OCC(F)(F)CCCCCOc2ccc(C#N)cc2)cc1. The number of halogens is 2. The van der Waals surface area contributed by atoms with E-state index in [4.69, 9.17) is 10.00 Å². The van der Waals surface area contributed by atoms with E-state index in [9.17, 15) is 17.2 Å². The highest BCUT2D eigenvalue weighted by molar-refractivity contribution is 7.86. The summed E-state index contributed by atoms with van der Waals surface area (Å²) in [6, 6.07) is 14.5. The Hall–Kier alpha value is -2.50. The van der Waals surface area contributed by atoms with Gasteiger partial charge in [0.2, 0.25) is 0 Å². The molecular formula is C21H23F2NO4S. The quantitative estimate of drug-likeness (QED) is 0.382. The van der Waals surface area contributed by atoms with Crippen molar-refractivity contribution in [3.05, 3.63) is 59.7 Å². The Morgan fingerprint density at radius 3 is 2.28 bits per heavy atom. The van der Waals surface area contributed by atoms with Gasteiger partial charge < -0.3 is 4.74 Å². The van der Waals surface area contributed by atoms with Gasteiger partial charge in [0.05, 0.1) is 23.1 Å². The highest BCUT2D eigenvalue weighted by Gasteiger charge is 2.31. The molecule has 2 aromatic carbocycles. The lowest BCUT2D eigenvalue weighted by molar-refractivity contribution is -0.0479. The smallest absolute Gasteiger partial charge is 0.297 e. The minimum Gasteiger partial charge on any atom is -0.494 e. The van der Waals surface area contributed by atoms with Crippen molar-refractivity contribution < 1.29 is 26.1 Å². The number of nitriles is 1. The van der Waals surface area contributed by atoms with Crippen LogP contribution in [0.3, 0.4) is 0 Å². The van der Waals surface area contributed by atoms with Gasteiger partial charge in [0, 0.05) is 6.42 Å². The fourth-order valence-electron chi connectivity index (χ4n) is 2.49. The van der Waals surface area contributed by atoms with E-state index in [1.807, 2.05) is 6.07 Å². The first-order valence-electron chi connectivity index (χ1n) is 9.19. The maximum Gasteiger partial charge on any atom is 0.297 e. The zero-order chi connectivity index (χ0) is 21.3. The van der Waals surface area contributed by atoms with E-state index in [1.54, 1.807) is 43.3 Å². The molecule has 156 valence electrons. The molecule has 0 unspecified atom stereocenters. The first-order chi connectivity index (χ1) is 13.7. The first-order valence-corrected chi connectivity index (χ1v) is 10.6. The third-order valence-electron chi connectivity index (χ3n) is 4.17. The molecule has 0 aliphatic heterocycles. The number of hydrogen-bond donors (Lipinski definition) is 0. The maximum absolute atomic E-state index is 13.9. The molecule has 0 bridgehead atoms. The van der Waals surface area contributed by atoms with Crippen LogP contribution >= 0.6 is 0 Å². The average molecular weight is 423 g/mol. The zero-order valence-corrected chi connectivity index (χ0v) is 16.9. The summed E-state index contributed by atoms with van der Waals surface area (Å²) in [5.74, 6) is -2.62. The number of rotatable bonds is 11. The summed E-state index contributed by atoms with van der Waals surface area (Å²) in [7, 11) is -4.21. The van der Waals surface area contributed by atoms with E-state index in [2.05, 4.69) is 4.18 Å². The number of nitrogens with zero attached hydrogens (tertiary/aromatic N) is 1. The summed E-state index contributed by atoms with van der Waals surface area (Å²) in [6.07, 6.45) is 0.847. The molecule has 0 saturated carbocycles. The largest absolute Gasteiger partial charge is 0.494 e. The molecule has 0 aliphatic rings. The molecule has 0 saturated heterocycles. The number of ether oxygens (including phenoxy) is 1. The number of hydrogen-bond acceptors (Lipinski definition) is 5. The van der Waals surface area contributed by atoms with Crippen LogP contribution < -0.4 is 4.74 Å². The Kier molecular flexibility index (Phi) is 8.11. The molecule has 0 radical (unpaired) electrons. The summed E-state index contributed by atoms with van der Waals surface area (Å²) in [4.78, 5) is -0.140. The van der Waals surface area contributed by atoms with Crippen molar-refractivity contribution in [3.8, 4) is 11.8 Å². The van der Waals surface area contributed by atoms with Crippen LogP contribution in [0.15, 0.2) is 53.4 Å². The van der Waals surface area contributed by atoms with Crippen LogP contribution in [0.4, 0.5) is 8.78 Å². The standard InChI is InChI=1S/C21H23F2NO4S/c1-17-5-11-20(12-6-17)29(25,26)28-16-21(22,23)13-3-2-4-14-27-19-9-7-18(15-24)8-10-19/h5-12H,2-4,13-14,16H2,1H3. The monoisotopic (exact) mass is 423 g/mol. The third kappa shape index (κ3) is 7.80. The van der Waals surface area contributed by atoms with Gasteiger partial charge in [-0.05, 0) is 62.6 Å². The van der Waals surface area contributed by atoms with Gasteiger partial charge in [0.25, 0.3) is 16.0 Å². The molecule has 2 rings (SSSR count). The molecule has 0 atom stereocenters. The van der Waals surface area contributed by atoms with Crippen LogP contribution in [-0.2, 0) is 14.3 Å². The second kappa shape index (κ2) is 10.3. The summed E-state index contributed by atoms with van der Waals surface area (Å²) in [5.41, 5.74) is 1.39. The van der Waals surface area contributed by atoms with Crippen molar-refractivity contribution in [2.45, 2.75) is 43.4 Å². The van der Waals surface area contributed by atoms with Gasteiger partial charge in [-0.1, -0.05) is 17.7 Å². The topological polar surface area (TPSA) is 76.4 Å². The maximum atomic E-state index is 13.9. The summed E-state index contributed by atoms with van der Waals surface area (Å²) in [6.45, 7) is 0.988. The van der Waals surface area contributed by atoms with Crippen LogP contribution in [0.1, 0.15) is 36.8 Å². The van der Waals surface area contributed by atoms with E-state index < -0.39 is 29.1 Å². The van der Waals surface area contributed by atoms with Crippen LogP contribution in [0.2, 0.25) is 0 Å². The van der Waals surface area contributed by atoms with Crippen molar-refractivity contribution in [1.29, 1.82) is 5.26 Å². The Labute approximate surface area is 170 Å². The molecule has 0 heterocycles. The normalized spacial score (nSPS) is 11.8. The fourth-order valence-corrected chi connectivity index (χ4v) is 3.42. The Morgan fingerprint density at radius 2 is 1.66 bits per heavy atom. The van der Waals surface area contributed by atoms with E-state index in [0.29, 0.717) is 30.8 Å².